The smallest absolute Gasteiger partial charge is 0.232 e. The van der Waals surface area contributed by atoms with Crippen molar-refractivity contribution < 1.29 is 4.79 Å². The minimum atomic E-state index is 0.0198. The Morgan fingerprint density at radius 3 is 3.00 bits per heavy atom. The molecule has 5 heteroatoms. The Kier molecular flexibility index (Phi) is 4.68. The summed E-state index contributed by atoms with van der Waals surface area (Å²) in [5.41, 5.74) is 0. The van der Waals surface area contributed by atoms with Crippen molar-refractivity contribution in [3.05, 3.63) is 18.2 Å². The molecule has 0 saturated heterocycles. The van der Waals surface area contributed by atoms with Gasteiger partial charge in [0.1, 0.15) is 5.82 Å². The van der Waals surface area contributed by atoms with Crippen LogP contribution in [0.4, 0.5) is 0 Å². The average Bonchev–Trinajstić information content (AvgIpc) is 2.63. The third-order valence-corrected chi connectivity index (χ3v) is 3.21. The molecule has 0 bridgehead atoms. The first-order valence-electron chi connectivity index (χ1n) is 4.92. The number of nitrogens with zero attached hydrogens (tertiary/aromatic N) is 2. The predicted octanol–water partition coefficient (Wildman–Crippen LogP) is 0.830. The van der Waals surface area contributed by atoms with Gasteiger partial charge in [0.25, 0.3) is 0 Å². The van der Waals surface area contributed by atoms with Gasteiger partial charge in [-0.3, -0.25) is 4.79 Å². The molecule has 84 valence electrons. The SMILES string of the molecule is CSC(C)C(=O)NCCc1nccn1C. The van der Waals surface area contributed by atoms with E-state index in [4.69, 9.17) is 0 Å². The molecule has 1 aromatic heterocycles. The largest absolute Gasteiger partial charge is 0.355 e. The number of thioether (sulfide) groups is 1. The molecule has 0 radical (unpaired) electrons. The van der Waals surface area contributed by atoms with E-state index >= 15 is 0 Å². The number of hydrogen-bond acceptors (Lipinski definition) is 3. The molecule has 15 heavy (non-hydrogen) atoms. The fraction of sp³-hybridized carbons (Fsp3) is 0.600. The van der Waals surface area contributed by atoms with Crippen molar-refractivity contribution in [2.24, 2.45) is 7.05 Å². The van der Waals surface area contributed by atoms with Crippen LogP contribution in [0.3, 0.4) is 0 Å². The van der Waals surface area contributed by atoms with Crippen molar-refractivity contribution in [3.63, 3.8) is 0 Å². The zero-order valence-corrected chi connectivity index (χ0v) is 10.2. The summed E-state index contributed by atoms with van der Waals surface area (Å²) in [5, 5.41) is 2.91. The van der Waals surface area contributed by atoms with Crippen molar-refractivity contribution in [2.75, 3.05) is 12.8 Å². The van der Waals surface area contributed by atoms with Crippen LogP contribution in [0.15, 0.2) is 12.4 Å². The second-order valence-corrected chi connectivity index (χ2v) is 4.55. The number of nitrogens with one attached hydrogen (secondary N) is 1. The molecule has 1 aromatic rings. The summed E-state index contributed by atoms with van der Waals surface area (Å²) in [6.07, 6.45) is 6.38. The molecule has 0 spiro atoms. The van der Waals surface area contributed by atoms with E-state index in [1.807, 2.05) is 31.0 Å². The number of aromatic nitrogens is 2. The number of hydrogen-bond donors (Lipinski definition) is 1. The van der Waals surface area contributed by atoms with E-state index < -0.39 is 0 Å². The predicted molar refractivity (Wildman–Crippen MR) is 62.9 cm³/mol. The summed E-state index contributed by atoms with van der Waals surface area (Å²) in [6.45, 7) is 2.55. The van der Waals surface area contributed by atoms with E-state index in [0.717, 1.165) is 12.2 Å². The van der Waals surface area contributed by atoms with Gasteiger partial charge in [0.2, 0.25) is 5.91 Å². The Bertz CT molecular complexity index is 324. The van der Waals surface area contributed by atoms with E-state index in [1.165, 1.54) is 0 Å². The normalized spacial score (nSPS) is 12.5. The third-order valence-electron chi connectivity index (χ3n) is 2.29. The molecule has 0 aliphatic rings. The van der Waals surface area contributed by atoms with Crippen LogP contribution in [-0.2, 0) is 18.3 Å². The Hall–Kier alpha value is -0.970. The topological polar surface area (TPSA) is 46.9 Å². The van der Waals surface area contributed by atoms with Crippen molar-refractivity contribution in [3.8, 4) is 0 Å². The molecule has 0 aliphatic heterocycles. The maximum Gasteiger partial charge on any atom is 0.232 e. The Labute approximate surface area is 94.5 Å². The maximum atomic E-state index is 11.4. The molecule has 1 unspecified atom stereocenters. The van der Waals surface area contributed by atoms with Gasteiger partial charge >= 0.3 is 0 Å². The second-order valence-electron chi connectivity index (χ2n) is 3.37. The first-order valence-corrected chi connectivity index (χ1v) is 6.20. The molecule has 1 atom stereocenters. The second kappa shape index (κ2) is 5.80. The van der Waals surface area contributed by atoms with Gasteiger partial charge in [0.15, 0.2) is 0 Å². The van der Waals surface area contributed by atoms with Crippen LogP contribution in [0.25, 0.3) is 0 Å². The number of amides is 1. The standard InChI is InChI=1S/C10H17N3OS/c1-8(15-3)10(14)12-5-4-9-11-6-7-13(9)2/h6-8H,4-5H2,1-3H3,(H,12,14). The molecule has 0 fully saturated rings. The van der Waals surface area contributed by atoms with Gasteiger partial charge in [-0.25, -0.2) is 4.98 Å². The highest BCUT2D eigenvalue weighted by Crippen LogP contribution is 2.04. The van der Waals surface area contributed by atoms with Crippen LogP contribution in [0.5, 0.6) is 0 Å². The number of aryl methyl sites for hydroxylation is 1. The Morgan fingerprint density at radius 2 is 2.47 bits per heavy atom. The van der Waals surface area contributed by atoms with Crippen molar-refractivity contribution >= 4 is 17.7 Å². The summed E-state index contributed by atoms with van der Waals surface area (Å²) in [7, 11) is 1.95. The summed E-state index contributed by atoms with van der Waals surface area (Å²) in [6, 6.07) is 0. The maximum absolute atomic E-state index is 11.4. The molecular formula is C10H17N3OS. The fourth-order valence-electron chi connectivity index (χ4n) is 1.19. The minimum Gasteiger partial charge on any atom is -0.355 e. The van der Waals surface area contributed by atoms with Crippen molar-refractivity contribution in [1.82, 2.24) is 14.9 Å². The molecule has 1 amide bonds. The van der Waals surface area contributed by atoms with E-state index in [-0.39, 0.29) is 11.2 Å². The van der Waals surface area contributed by atoms with Gasteiger partial charge in [-0.05, 0) is 13.2 Å². The third kappa shape index (κ3) is 3.58. The van der Waals surface area contributed by atoms with E-state index in [2.05, 4.69) is 10.3 Å². The lowest BCUT2D eigenvalue weighted by molar-refractivity contribution is -0.120. The minimum absolute atomic E-state index is 0.0198. The molecule has 1 heterocycles. The van der Waals surface area contributed by atoms with Gasteiger partial charge in [0.05, 0.1) is 5.25 Å². The first-order chi connectivity index (χ1) is 7.15. The zero-order chi connectivity index (χ0) is 11.3. The molecular weight excluding hydrogens is 210 g/mol. The summed E-state index contributed by atoms with van der Waals surface area (Å²) >= 11 is 1.55. The van der Waals surface area contributed by atoms with Gasteiger partial charge in [0, 0.05) is 32.4 Å². The van der Waals surface area contributed by atoms with Gasteiger partial charge in [-0.2, -0.15) is 11.8 Å². The first kappa shape index (κ1) is 12.1. The molecule has 1 N–H and O–H groups in total. The lowest BCUT2D eigenvalue weighted by Gasteiger charge is -2.09. The zero-order valence-electron chi connectivity index (χ0n) is 9.36. The van der Waals surface area contributed by atoms with E-state index in [0.29, 0.717) is 6.54 Å². The Balaban J connectivity index is 2.28. The molecule has 4 nitrogen and oxygen atoms in total. The molecule has 0 aromatic carbocycles. The highest BCUT2D eigenvalue weighted by molar-refractivity contribution is 7.99. The number of carbonyl (C=O) groups excluding carboxylic acids is 1. The Morgan fingerprint density at radius 1 is 1.73 bits per heavy atom. The van der Waals surface area contributed by atoms with Crippen LogP contribution >= 0.6 is 11.8 Å². The quantitative estimate of drug-likeness (QED) is 0.810. The summed E-state index contributed by atoms with van der Waals surface area (Å²) in [5.74, 6) is 1.09. The summed E-state index contributed by atoms with van der Waals surface area (Å²) in [4.78, 5) is 15.6. The van der Waals surface area contributed by atoms with E-state index in [1.54, 1.807) is 18.0 Å². The number of imidazole rings is 1. The van der Waals surface area contributed by atoms with Crippen LogP contribution in [0.1, 0.15) is 12.7 Å². The van der Waals surface area contributed by atoms with Gasteiger partial charge in [-0.15, -0.1) is 0 Å². The number of rotatable bonds is 5. The summed E-state index contributed by atoms with van der Waals surface area (Å²) < 4.78 is 1.96. The number of carbonyl (C=O) groups is 1. The van der Waals surface area contributed by atoms with Crippen molar-refractivity contribution in [2.45, 2.75) is 18.6 Å². The van der Waals surface area contributed by atoms with Gasteiger partial charge in [-0.1, -0.05) is 0 Å². The fourth-order valence-corrected chi connectivity index (χ4v) is 1.48. The van der Waals surface area contributed by atoms with Gasteiger partial charge < -0.3 is 9.88 Å². The molecule has 1 rings (SSSR count). The van der Waals surface area contributed by atoms with Crippen LogP contribution in [-0.4, -0.2) is 33.5 Å². The van der Waals surface area contributed by atoms with Crippen molar-refractivity contribution in [1.29, 1.82) is 0 Å². The lowest BCUT2D eigenvalue weighted by Crippen LogP contribution is -2.32. The van der Waals surface area contributed by atoms with E-state index in [9.17, 15) is 4.79 Å². The van der Waals surface area contributed by atoms with Crippen LogP contribution in [0, 0.1) is 0 Å². The average molecular weight is 227 g/mol. The molecule has 0 saturated carbocycles. The lowest BCUT2D eigenvalue weighted by atomic mass is 10.3. The highest BCUT2D eigenvalue weighted by Gasteiger charge is 2.10. The monoisotopic (exact) mass is 227 g/mol. The van der Waals surface area contributed by atoms with Crippen LogP contribution in [0.2, 0.25) is 0 Å². The van der Waals surface area contributed by atoms with Crippen LogP contribution < -0.4 is 5.32 Å². The highest BCUT2D eigenvalue weighted by atomic mass is 32.2. The molecule has 0 aliphatic carbocycles.